The van der Waals surface area contributed by atoms with Crippen LogP contribution >= 0.6 is 0 Å². The summed E-state index contributed by atoms with van der Waals surface area (Å²) in [6.07, 6.45) is 1.58. The number of aromatic amines is 1. The van der Waals surface area contributed by atoms with Crippen LogP contribution in [0.1, 0.15) is 54.1 Å². The second kappa shape index (κ2) is 11.7. The van der Waals surface area contributed by atoms with Crippen LogP contribution in [0, 0.1) is 0 Å². The molecule has 0 atom stereocenters. The molecule has 2 aromatic heterocycles. The van der Waals surface area contributed by atoms with Crippen LogP contribution < -0.4 is 26.7 Å². The number of anilines is 3. The van der Waals surface area contributed by atoms with Gasteiger partial charge in [0.25, 0.3) is 17.4 Å². The molecule has 0 fully saturated rings. The fraction of sp³-hybridized carbons (Fsp3) is 0.206. The summed E-state index contributed by atoms with van der Waals surface area (Å²) in [7, 11) is 1.64. The van der Waals surface area contributed by atoms with E-state index in [-0.39, 0.29) is 28.8 Å². The Bertz CT molecular complexity index is 1930. The summed E-state index contributed by atoms with van der Waals surface area (Å²) in [5.74, 6) is -0.221. The van der Waals surface area contributed by atoms with E-state index in [1.54, 1.807) is 87.8 Å². The van der Waals surface area contributed by atoms with E-state index in [4.69, 9.17) is 10.5 Å². The Labute approximate surface area is 254 Å². The summed E-state index contributed by atoms with van der Waals surface area (Å²) in [6, 6.07) is 20.5. The Morgan fingerprint density at radius 1 is 0.955 bits per heavy atom. The first kappa shape index (κ1) is 30.1. The molecule has 226 valence electrons. The molecular formula is C34H35N5O5. The number of nitrogen functional groups attached to an aromatic ring is 1. The van der Waals surface area contributed by atoms with E-state index < -0.39 is 11.5 Å². The molecule has 2 amide bonds. The van der Waals surface area contributed by atoms with E-state index in [0.717, 1.165) is 0 Å². The smallest absolute Gasteiger partial charge is 0.274 e. The van der Waals surface area contributed by atoms with Crippen molar-refractivity contribution in [2.24, 2.45) is 7.05 Å². The number of nitrogens with two attached hydrogens (primary N) is 1. The molecule has 5 rings (SSSR count). The van der Waals surface area contributed by atoms with Gasteiger partial charge in [-0.25, -0.2) is 0 Å². The summed E-state index contributed by atoms with van der Waals surface area (Å²) in [4.78, 5) is 42.1. The Kier molecular flexibility index (Phi) is 8.03. The molecule has 2 heterocycles. The van der Waals surface area contributed by atoms with Gasteiger partial charge in [-0.2, -0.15) is 0 Å². The van der Waals surface area contributed by atoms with Gasteiger partial charge < -0.3 is 35.8 Å². The SMILES string of the molecule is CC(C)Oc1ccc(C(C)(C)O)cc1-c1cn(C)c(=O)c2[nH]c(C(=O)Nc3ccc(C(=O)Nc4ccccc4N)cc3)cc12. The molecule has 0 unspecified atom stereocenters. The highest BCUT2D eigenvalue weighted by molar-refractivity contribution is 6.09. The maximum absolute atomic E-state index is 13.3. The van der Waals surface area contributed by atoms with Gasteiger partial charge in [-0.05, 0) is 87.9 Å². The lowest BCUT2D eigenvalue weighted by Crippen LogP contribution is -2.18. The number of rotatable bonds is 8. The fourth-order valence-corrected chi connectivity index (χ4v) is 4.86. The van der Waals surface area contributed by atoms with Crippen molar-refractivity contribution >= 4 is 39.8 Å². The summed E-state index contributed by atoms with van der Waals surface area (Å²) in [5.41, 5.74) is 8.75. The number of aliphatic hydroxyl groups is 1. The summed E-state index contributed by atoms with van der Waals surface area (Å²) in [5, 5.41) is 16.8. The number of amides is 2. The number of nitrogens with one attached hydrogen (secondary N) is 3. The average Bonchev–Trinajstić information content (AvgIpc) is 3.42. The van der Waals surface area contributed by atoms with Gasteiger partial charge in [0.2, 0.25) is 0 Å². The number of H-pyrrole nitrogens is 1. The monoisotopic (exact) mass is 593 g/mol. The molecule has 44 heavy (non-hydrogen) atoms. The third kappa shape index (κ3) is 6.20. The van der Waals surface area contributed by atoms with E-state index in [2.05, 4.69) is 15.6 Å². The fourth-order valence-electron chi connectivity index (χ4n) is 4.86. The molecule has 0 radical (unpaired) electrons. The van der Waals surface area contributed by atoms with Crippen LogP contribution in [0.15, 0.2) is 83.8 Å². The van der Waals surface area contributed by atoms with E-state index in [1.807, 2.05) is 26.0 Å². The standard InChI is InChI=1S/C34H35N5O5/c1-19(2)44-29-15-12-21(34(3,4)43)16-23(29)25-18-39(5)33(42)30-24(25)17-28(37-30)32(41)36-22-13-10-20(11-14-22)31(40)38-27-9-7-6-8-26(27)35/h6-19,37,43H,35H2,1-5H3,(H,36,41)(H,38,40). The number of carbonyl (C=O) groups is 2. The van der Waals surface area contributed by atoms with Crippen molar-refractivity contribution in [3.63, 3.8) is 0 Å². The van der Waals surface area contributed by atoms with Crippen LogP contribution in [0.2, 0.25) is 0 Å². The lowest BCUT2D eigenvalue weighted by atomic mass is 9.93. The molecule has 3 aromatic carbocycles. The Balaban J connectivity index is 1.46. The third-order valence-electron chi connectivity index (χ3n) is 7.16. The number of ether oxygens (including phenoxy) is 1. The Morgan fingerprint density at radius 2 is 1.66 bits per heavy atom. The van der Waals surface area contributed by atoms with Gasteiger partial charge in [0.05, 0.1) is 23.1 Å². The Morgan fingerprint density at radius 3 is 2.32 bits per heavy atom. The lowest BCUT2D eigenvalue weighted by Gasteiger charge is -2.22. The number of carbonyl (C=O) groups excluding carboxylic acids is 2. The number of hydrogen-bond donors (Lipinski definition) is 5. The van der Waals surface area contributed by atoms with Crippen LogP contribution in [0.5, 0.6) is 5.75 Å². The molecule has 0 saturated carbocycles. The zero-order valence-corrected chi connectivity index (χ0v) is 25.2. The van der Waals surface area contributed by atoms with Crippen molar-refractivity contribution in [3.05, 3.63) is 106 Å². The number of aryl methyl sites for hydroxylation is 1. The minimum Gasteiger partial charge on any atom is -0.490 e. The second-order valence-corrected chi connectivity index (χ2v) is 11.4. The number of para-hydroxylation sites is 2. The molecular weight excluding hydrogens is 558 g/mol. The topological polar surface area (TPSA) is 151 Å². The molecule has 0 spiro atoms. The van der Waals surface area contributed by atoms with Gasteiger partial charge in [-0.1, -0.05) is 18.2 Å². The van der Waals surface area contributed by atoms with Gasteiger partial charge in [0, 0.05) is 41.0 Å². The van der Waals surface area contributed by atoms with Crippen LogP contribution in [-0.4, -0.2) is 32.6 Å². The molecule has 6 N–H and O–H groups in total. The van der Waals surface area contributed by atoms with Crippen molar-refractivity contribution in [3.8, 4) is 16.9 Å². The number of benzene rings is 3. The van der Waals surface area contributed by atoms with E-state index >= 15 is 0 Å². The van der Waals surface area contributed by atoms with E-state index in [1.165, 1.54) is 4.57 Å². The minimum atomic E-state index is -1.11. The molecule has 0 bridgehead atoms. The highest BCUT2D eigenvalue weighted by Gasteiger charge is 2.23. The predicted octanol–water partition coefficient (Wildman–Crippen LogP) is 5.64. The number of nitrogens with zero attached hydrogens (tertiary/aromatic N) is 1. The molecule has 0 aliphatic heterocycles. The number of pyridine rings is 1. The molecule has 0 aliphatic rings. The molecule has 0 aliphatic carbocycles. The van der Waals surface area contributed by atoms with Crippen LogP contribution in [0.25, 0.3) is 22.0 Å². The molecule has 10 nitrogen and oxygen atoms in total. The van der Waals surface area contributed by atoms with Crippen molar-refractivity contribution < 1.29 is 19.4 Å². The molecule has 10 heteroatoms. The summed E-state index contributed by atoms with van der Waals surface area (Å²) >= 11 is 0. The van der Waals surface area contributed by atoms with Crippen LogP contribution in [-0.2, 0) is 12.6 Å². The van der Waals surface area contributed by atoms with Crippen molar-refractivity contribution in [1.82, 2.24) is 9.55 Å². The third-order valence-corrected chi connectivity index (χ3v) is 7.16. The second-order valence-electron chi connectivity index (χ2n) is 11.4. The first-order valence-electron chi connectivity index (χ1n) is 14.2. The lowest BCUT2D eigenvalue weighted by molar-refractivity contribution is 0.0785. The largest absolute Gasteiger partial charge is 0.490 e. The minimum absolute atomic E-state index is 0.119. The number of fused-ring (bicyclic) bond motifs is 1. The maximum atomic E-state index is 13.3. The zero-order chi connectivity index (χ0) is 31.8. The average molecular weight is 594 g/mol. The van der Waals surface area contributed by atoms with Crippen LogP contribution in [0.3, 0.4) is 0 Å². The van der Waals surface area contributed by atoms with Gasteiger partial charge in [-0.15, -0.1) is 0 Å². The first-order chi connectivity index (χ1) is 20.8. The molecule has 0 saturated heterocycles. The van der Waals surface area contributed by atoms with Crippen LogP contribution in [0.4, 0.5) is 17.1 Å². The van der Waals surface area contributed by atoms with E-state index in [0.29, 0.717) is 50.5 Å². The maximum Gasteiger partial charge on any atom is 0.274 e. The van der Waals surface area contributed by atoms with Gasteiger partial charge in [0.1, 0.15) is 17.0 Å². The normalized spacial score (nSPS) is 11.5. The zero-order valence-electron chi connectivity index (χ0n) is 25.2. The van der Waals surface area contributed by atoms with Crippen molar-refractivity contribution in [1.29, 1.82) is 0 Å². The van der Waals surface area contributed by atoms with Crippen molar-refractivity contribution in [2.75, 3.05) is 16.4 Å². The van der Waals surface area contributed by atoms with Gasteiger partial charge in [-0.3, -0.25) is 14.4 Å². The van der Waals surface area contributed by atoms with Gasteiger partial charge >= 0.3 is 0 Å². The molecule has 5 aromatic rings. The predicted molar refractivity (Wildman–Crippen MR) is 173 cm³/mol. The van der Waals surface area contributed by atoms with E-state index in [9.17, 15) is 19.5 Å². The quantitative estimate of drug-likeness (QED) is 0.147. The highest BCUT2D eigenvalue weighted by Crippen LogP contribution is 2.38. The summed E-state index contributed by atoms with van der Waals surface area (Å²) in [6.45, 7) is 7.23. The number of aromatic nitrogens is 2. The van der Waals surface area contributed by atoms with Gasteiger partial charge in [0.15, 0.2) is 0 Å². The number of hydrogen-bond acceptors (Lipinski definition) is 6. The summed E-state index contributed by atoms with van der Waals surface area (Å²) < 4.78 is 7.54. The highest BCUT2D eigenvalue weighted by atomic mass is 16.5. The first-order valence-corrected chi connectivity index (χ1v) is 14.2. The Hall–Kier alpha value is -5.35. The van der Waals surface area contributed by atoms with Crippen molar-refractivity contribution in [2.45, 2.75) is 39.4 Å².